The molecule has 9 aromatic rings. The molecule has 0 bridgehead atoms. The van der Waals surface area contributed by atoms with Crippen molar-refractivity contribution in [3.63, 3.8) is 0 Å². The van der Waals surface area contributed by atoms with Gasteiger partial charge in [-0.15, -0.1) is 0 Å². The van der Waals surface area contributed by atoms with Crippen molar-refractivity contribution < 1.29 is 4.39 Å². The summed E-state index contributed by atoms with van der Waals surface area (Å²) in [4.78, 5) is 0. The Morgan fingerprint density at radius 1 is 0.314 bits per heavy atom. The van der Waals surface area contributed by atoms with Crippen LogP contribution in [-0.2, 0) is 5.41 Å². The zero-order valence-corrected chi connectivity index (χ0v) is 54.8. The molecule has 0 aliphatic heterocycles. The molecule has 86 heavy (non-hydrogen) atoms. The number of hydrogen-bond acceptors (Lipinski definition) is 0. The highest BCUT2D eigenvalue weighted by Gasteiger charge is 2.12. The molecule has 0 atom stereocenters. The van der Waals surface area contributed by atoms with Gasteiger partial charge in [-0.3, -0.25) is 0 Å². The van der Waals surface area contributed by atoms with Crippen molar-refractivity contribution in [2.75, 3.05) is 0 Å². The Kier molecular flexibility index (Phi) is 46.2. The van der Waals surface area contributed by atoms with Crippen LogP contribution in [0.3, 0.4) is 0 Å². The van der Waals surface area contributed by atoms with Crippen molar-refractivity contribution in [1.29, 1.82) is 0 Å². The Hall–Kier alpha value is -9.17. The van der Waals surface area contributed by atoms with Gasteiger partial charge in [-0.05, 0) is 112 Å². The summed E-state index contributed by atoms with van der Waals surface area (Å²) in [5.41, 5.74) is 18.5. The minimum Gasteiger partial charge on any atom is -0.207 e. The highest BCUT2D eigenvalue weighted by Crippen LogP contribution is 2.22. The van der Waals surface area contributed by atoms with E-state index in [1.165, 1.54) is 90.9 Å². The van der Waals surface area contributed by atoms with Gasteiger partial charge in [0.1, 0.15) is 5.82 Å². The Bertz CT molecular complexity index is 3050. The lowest BCUT2D eigenvalue weighted by Crippen LogP contribution is -2.10. The van der Waals surface area contributed by atoms with Gasteiger partial charge in [0.25, 0.3) is 0 Å². The van der Waals surface area contributed by atoms with Crippen LogP contribution in [0.25, 0.3) is 59.7 Å². The molecule has 0 aromatic heterocycles. The summed E-state index contributed by atoms with van der Waals surface area (Å²) in [7, 11) is 0. The second-order valence-corrected chi connectivity index (χ2v) is 19.8. The summed E-state index contributed by atoms with van der Waals surface area (Å²) in [6.45, 7) is 56.5. The summed E-state index contributed by atoms with van der Waals surface area (Å²) in [5, 5.41) is 0. The summed E-state index contributed by atoms with van der Waals surface area (Å²) in [6.07, 6.45) is 15.9. The lowest BCUT2D eigenvalue weighted by molar-refractivity contribution is 0.590. The molecule has 0 aliphatic rings. The van der Waals surface area contributed by atoms with Gasteiger partial charge in [0.2, 0.25) is 0 Å². The normalized spacial score (nSPS) is 9.00. The SMILES string of the molecule is C=Cc1ccc(-c2ccccc2)cc1.C=Cc1ccc(C(C)(C)C)cc1.C=Cc1ccc(C)cc1.C=Cc1ccc(C)cc1.C=Cc1ccc(F)cc1.C=Cc1cccc(C)c1.C=Cc1ccccc1.C=Cc1ccccc1C.CC.CC.CCC. The number of aryl methyl sites for hydroxylation is 4. The summed E-state index contributed by atoms with van der Waals surface area (Å²) >= 11 is 0. The highest BCUT2D eigenvalue weighted by atomic mass is 19.1. The Labute approximate surface area is 524 Å². The summed E-state index contributed by atoms with van der Waals surface area (Å²) < 4.78 is 12.2. The fourth-order valence-electron chi connectivity index (χ4n) is 6.77. The smallest absolute Gasteiger partial charge is 0.123 e. The first-order chi connectivity index (χ1) is 41.4. The second kappa shape index (κ2) is 50.4. The van der Waals surface area contributed by atoms with Gasteiger partial charge in [-0.25, -0.2) is 4.39 Å². The van der Waals surface area contributed by atoms with E-state index in [1.807, 2.05) is 131 Å². The maximum absolute atomic E-state index is 12.2. The molecule has 9 rings (SSSR count). The molecule has 0 amide bonds. The van der Waals surface area contributed by atoms with Crippen molar-refractivity contribution in [2.24, 2.45) is 0 Å². The molecule has 9 aromatic carbocycles. The van der Waals surface area contributed by atoms with E-state index in [2.05, 4.69) is 261 Å². The predicted octanol–water partition coefficient (Wildman–Crippen LogP) is 26.4. The first kappa shape index (κ1) is 78.9. The fraction of sp³-hybridized carbons (Fsp3) is 0.176. The molecule has 0 heterocycles. The van der Waals surface area contributed by atoms with Crippen LogP contribution in [0.15, 0.2) is 283 Å². The van der Waals surface area contributed by atoms with Gasteiger partial charge >= 0.3 is 0 Å². The quantitative estimate of drug-likeness (QED) is 0.135. The van der Waals surface area contributed by atoms with Crippen LogP contribution in [-0.4, -0.2) is 0 Å². The number of hydrogen-bond donors (Lipinski definition) is 0. The fourth-order valence-corrected chi connectivity index (χ4v) is 6.77. The van der Waals surface area contributed by atoms with Crippen LogP contribution in [0.2, 0.25) is 0 Å². The third-order valence-electron chi connectivity index (χ3n) is 11.7. The first-order valence-electron chi connectivity index (χ1n) is 29.8. The van der Waals surface area contributed by atoms with E-state index in [0.717, 1.165) is 11.1 Å². The minimum atomic E-state index is -0.208. The zero-order chi connectivity index (χ0) is 65.0. The third-order valence-corrected chi connectivity index (χ3v) is 11.7. The van der Waals surface area contributed by atoms with Gasteiger partial charge in [0.15, 0.2) is 0 Å². The molecule has 450 valence electrons. The number of benzene rings is 9. The molecule has 0 N–H and O–H groups in total. The van der Waals surface area contributed by atoms with Gasteiger partial charge in [0.05, 0.1) is 0 Å². The van der Waals surface area contributed by atoms with Gasteiger partial charge < -0.3 is 0 Å². The number of halogens is 1. The molecule has 0 saturated heterocycles. The van der Waals surface area contributed by atoms with Crippen LogP contribution < -0.4 is 0 Å². The van der Waals surface area contributed by atoms with E-state index in [0.29, 0.717) is 0 Å². The van der Waals surface area contributed by atoms with Crippen LogP contribution >= 0.6 is 0 Å². The monoisotopic (exact) mass is 1140 g/mol. The molecular weight excluding hydrogens is 1040 g/mol. The van der Waals surface area contributed by atoms with Crippen LogP contribution in [0.5, 0.6) is 0 Å². The Balaban J connectivity index is 0. The van der Waals surface area contributed by atoms with Crippen LogP contribution in [0.1, 0.15) is 141 Å². The lowest BCUT2D eigenvalue weighted by atomic mass is 9.87. The minimum absolute atomic E-state index is 0.208. The van der Waals surface area contributed by atoms with Gasteiger partial charge in [0, 0.05) is 0 Å². The van der Waals surface area contributed by atoms with Crippen LogP contribution in [0.4, 0.5) is 4.39 Å². The van der Waals surface area contributed by atoms with Gasteiger partial charge in [-0.1, -0.05) is 405 Å². The average Bonchev–Trinajstić information content (AvgIpc) is 3.76. The maximum Gasteiger partial charge on any atom is 0.123 e. The molecule has 0 fully saturated rings. The van der Waals surface area contributed by atoms with Crippen molar-refractivity contribution in [3.05, 3.63) is 361 Å². The van der Waals surface area contributed by atoms with Crippen molar-refractivity contribution >= 4 is 48.6 Å². The molecule has 0 nitrogen and oxygen atoms in total. The topological polar surface area (TPSA) is 0 Å². The highest BCUT2D eigenvalue weighted by molar-refractivity contribution is 5.65. The summed E-state index contributed by atoms with van der Waals surface area (Å²) in [6, 6.07) is 76.5. The predicted molar refractivity (Wildman–Crippen MR) is 394 cm³/mol. The number of rotatable bonds is 9. The molecular formula is C85H103F. The molecule has 0 spiro atoms. The maximum atomic E-state index is 12.2. The van der Waals surface area contributed by atoms with E-state index in [-0.39, 0.29) is 11.2 Å². The molecule has 0 radical (unpaired) electrons. The van der Waals surface area contributed by atoms with Crippen molar-refractivity contribution in [2.45, 2.75) is 102 Å². The van der Waals surface area contributed by atoms with Crippen molar-refractivity contribution in [3.8, 4) is 11.1 Å². The van der Waals surface area contributed by atoms with Gasteiger partial charge in [-0.2, -0.15) is 0 Å². The largest absolute Gasteiger partial charge is 0.207 e. The average molecular weight is 1140 g/mol. The van der Waals surface area contributed by atoms with E-state index in [4.69, 9.17) is 0 Å². The Morgan fingerprint density at radius 2 is 0.616 bits per heavy atom. The standard InChI is InChI=1S/C14H12.C12H16.4C9H10.C8H7F.C8H8.C3H8.2C2H6/c1-2-12-8-10-14(11-9-12)13-6-4-3-5-7-13;1-5-10-6-8-11(9-7-10)12(2,3)4;2*1-3-9-6-4-8(2)5-7-9;1-3-9-6-4-5-8(2)7-9;1-3-9-7-5-4-6-8(9)2;1-2-7-3-5-8(9)6-4-7;1-2-8-6-4-3-5-7-8;1-3-2;2*1-2/h2-11H,1H2;5-9H,1H2,2-4H3;4*3-7H,1H2,2H3;2-6H,1H2;2-7H,1H2;3H2,1-2H3;2*1-2H3. The zero-order valence-electron chi connectivity index (χ0n) is 54.8. The van der Waals surface area contributed by atoms with E-state index >= 15 is 0 Å². The van der Waals surface area contributed by atoms with E-state index < -0.39 is 0 Å². The van der Waals surface area contributed by atoms with Crippen molar-refractivity contribution in [1.82, 2.24) is 0 Å². The molecule has 0 aliphatic carbocycles. The molecule has 0 saturated carbocycles. The summed E-state index contributed by atoms with van der Waals surface area (Å²) in [5.74, 6) is -0.208. The molecule has 1 heteroatoms. The first-order valence-corrected chi connectivity index (χ1v) is 29.8. The lowest BCUT2D eigenvalue weighted by Gasteiger charge is -2.18. The van der Waals surface area contributed by atoms with E-state index in [9.17, 15) is 4.39 Å². The van der Waals surface area contributed by atoms with E-state index in [1.54, 1.807) is 18.2 Å². The third kappa shape index (κ3) is 37.8. The second-order valence-electron chi connectivity index (χ2n) is 19.8. The molecule has 0 unspecified atom stereocenters. The Morgan fingerprint density at radius 3 is 0.930 bits per heavy atom. The van der Waals surface area contributed by atoms with Crippen LogP contribution in [0, 0.1) is 33.5 Å².